The summed E-state index contributed by atoms with van der Waals surface area (Å²) in [6.07, 6.45) is 3.70. The number of hydrogen-bond acceptors (Lipinski definition) is 4. The fourth-order valence-corrected chi connectivity index (χ4v) is 2.62. The molecule has 0 fully saturated rings. The normalized spacial score (nSPS) is 10.6. The molecule has 4 nitrogen and oxygen atoms in total. The van der Waals surface area contributed by atoms with E-state index in [1.54, 1.807) is 13.1 Å². The van der Waals surface area contributed by atoms with Crippen LogP contribution in [-0.4, -0.2) is 21.0 Å². The first-order valence-corrected chi connectivity index (χ1v) is 6.59. The average Bonchev–Trinajstić information content (AvgIpc) is 2.72. The summed E-state index contributed by atoms with van der Waals surface area (Å²) >= 11 is 1.21. The first-order chi connectivity index (χ1) is 8.61. The molecule has 0 aliphatic rings. The predicted octanol–water partition coefficient (Wildman–Crippen LogP) is 3.16. The molecule has 0 atom stereocenters. The summed E-state index contributed by atoms with van der Waals surface area (Å²) in [5.41, 5.74) is 2.52. The molecule has 0 aromatic carbocycles. The second-order valence-electron chi connectivity index (χ2n) is 4.02. The summed E-state index contributed by atoms with van der Waals surface area (Å²) in [6.45, 7) is 3.82. The minimum absolute atomic E-state index is 0.304. The number of nitrogens with zero attached hydrogens (tertiary/aromatic N) is 2. The monoisotopic (exact) mass is 262 g/mol. The van der Waals surface area contributed by atoms with Crippen LogP contribution in [0.25, 0.3) is 10.6 Å². The van der Waals surface area contributed by atoms with E-state index in [2.05, 4.69) is 16.9 Å². The van der Waals surface area contributed by atoms with Crippen LogP contribution in [0.1, 0.15) is 34.4 Å². The molecule has 18 heavy (non-hydrogen) atoms. The van der Waals surface area contributed by atoms with Gasteiger partial charge in [0.1, 0.15) is 9.88 Å². The fraction of sp³-hybridized carbons (Fsp3) is 0.308. The van der Waals surface area contributed by atoms with Crippen LogP contribution in [0.5, 0.6) is 0 Å². The largest absolute Gasteiger partial charge is 0.477 e. The number of carboxylic acids is 1. The zero-order chi connectivity index (χ0) is 13.1. The topological polar surface area (TPSA) is 63.1 Å². The molecule has 0 aliphatic carbocycles. The summed E-state index contributed by atoms with van der Waals surface area (Å²) in [6, 6.07) is 3.84. The number of rotatable bonds is 4. The van der Waals surface area contributed by atoms with E-state index in [0.29, 0.717) is 10.6 Å². The van der Waals surface area contributed by atoms with Gasteiger partial charge in [0, 0.05) is 17.5 Å². The molecule has 0 aliphatic heterocycles. The molecule has 2 rings (SSSR count). The van der Waals surface area contributed by atoms with Gasteiger partial charge in [0.05, 0.1) is 5.69 Å². The molecule has 0 amide bonds. The summed E-state index contributed by atoms with van der Waals surface area (Å²) in [5.74, 6) is -0.918. The van der Waals surface area contributed by atoms with Gasteiger partial charge in [-0.3, -0.25) is 4.98 Å². The maximum atomic E-state index is 11.0. The number of hydrogen-bond donors (Lipinski definition) is 1. The van der Waals surface area contributed by atoms with Crippen molar-refractivity contribution in [3.63, 3.8) is 0 Å². The van der Waals surface area contributed by atoms with Crippen molar-refractivity contribution in [2.24, 2.45) is 0 Å². The second kappa shape index (κ2) is 5.27. The van der Waals surface area contributed by atoms with Crippen LogP contribution < -0.4 is 0 Å². The van der Waals surface area contributed by atoms with E-state index in [1.165, 1.54) is 11.3 Å². The van der Waals surface area contributed by atoms with Crippen LogP contribution in [-0.2, 0) is 6.42 Å². The Balaban J connectivity index is 2.39. The number of pyridine rings is 1. The third-order valence-electron chi connectivity index (χ3n) is 2.56. The van der Waals surface area contributed by atoms with Gasteiger partial charge in [-0.15, -0.1) is 11.3 Å². The van der Waals surface area contributed by atoms with Gasteiger partial charge in [-0.05, 0) is 25.5 Å². The quantitative estimate of drug-likeness (QED) is 0.919. The van der Waals surface area contributed by atoms with Gasteiger partial charge in [0.2, 0.25) is 0 Å². The van der Waals surface area contributed by atoms with Crippen molar-refractivity contribution in [3.8, 4) is 10.6 Å². The number of aryl methyl sites for hydroxylation is 2. The highest BCUT2D eigenvalue weighted by atomic mass is 32.1. The summed E-state index contributed by atoms with van der Waals surface area (Å²) < 4.78 is 0. The van der Waals surface area contributed by atoms with Gasteiger partial charge in [-0.1, -0.05) is 13.3 Å². The standard InChI is InChI=1S/C13H14N2O2S/c1-3-4-10-7-9(5-6-14-10)12-15-8(2)11(18-12)13(16)17/h5-7H,3-4H2,1-2H3,(H,16,17). The Labute approximate surface area is 109 Å². The Hall–Kier alpha value is -1.75. The van der Waals surface area contributed by atoms with Gasteiger partial charge in [-0.25, -0.2) is 9.78 Å². The van der Waals surface area contributed by atoms with Gasteiger partial charge < -0.3 is 5.11 Å². The second-order valence-corrected chi connectivity index (χ2v) is 5.02. The zero-order valence-electron chi connectivity index (χ0n) is 10.3. The van der Waals surface area contributed by atoms with Gasteiger partial charge in [0.15, 0.2) is 0 Å². The molecule has 5 heteroatoms. The summed E-state index contributed by atoms with van der Waals surface area (Å²) in [4.78, 5) is 19.9. The first-order valence-electron chi connectivity index (χ1n) is 5.78. The van der Waals surface area contributed by atoms with E-state index in [9.17, 15) is 4.79 Å². The van der Waals surface area contributed by atoms with Crippen LogP contribution in [0.2, 0.25) is 0 Å². The van der Waals surface area contributed by atoms with Crippen LogP contribution in [0.15, 0.2) is 18.3 Å². The minimum Gasteiger partial charge on any atom is -0.477 e. The minimum atomic E-state index is -0.918. The Morgan fingerprint density at radius 2 is 2.28 bits per heavy atom. The highest BCUT2D eigenvalue weighted by molar-refractivity contribution is 7.17. The predicted molar refractivity (Wildman–Crippen MR) is 71.0 cm³/mol. The molecule has 94 valence electrons. The molecule has 2 aromatic rings. The molecule has 2 heterocycles. The van der Waals surface area contributed by atoms with Crippen molar-refractivity contribution in [2.75, 3.05) is 0 Å². The molecule has 0 radical (unpaired) electrons. The van der Waals surface area contributed by atoms with E-state index >= 15 is 0 Å². The lowest BCUT2D eigenvalue weighted by atomic mass is 10.2. The molecule has 0 spiro atoms. The third kappa shape index (κ3) is 2.56. The fourth-order valence-electron chi connectivity index (χ4n) is 1.72. The zero-order valence-corrected chi connectivity index (χ0v) is 11.1. The van der Waals surface area contributed by atoms with Crippen molar-refractivity contribution in [1.29, 1.82) is 0 Å². The lowest BCUT2D eigenvalue weighted by Gasteiger charge is -2.00. The number of carbonyl (C=O) groups is 1. The molecule has 1 N–H and O–H groups in total. The van der Waals surface area contributed by atoms with Crippen molar-refractivity contribution in [1.82, 2.24) is 9.97 Å². The van der Waals surface area contributed by atoms with E-state index < -0.39 is 5.97 Å². The van der Waals surface area contributed by atoms with Crippen LogP contribution in [0.4, 0.5) is 0 Å². The highest BCUT2D eigenvalue weighted by Gasteiger charge is 2.15. The first kappa shape index (κ1) is 12.7. The van der Waals surface area contributed by atoms with Crippen LogP contribution in [0.3, 0.4) is 0 Å². The van der Waals surface area contributed by atoms with Crippen LogP contribution in [0, 0.1) is 6.92 Å². The lowest BCUT2D eigenvalue weighted by Crippen LogP contribution is -1.94. The highest BCUT2D eigenvalue weighted by Crippen LogP contribution is 2.28. The maximum Gasteiger partial charge on any atom is 0.347 e. The maximum absolute atomic E-state index is 11.0. The third-order valence-corrected chi connectivity index (χ3v) is 3.75. The number of aromatic carboxylic acids is 1. The van der Waals surface area contributed by atoms with Gasteiger partial charge >= 0.3 is 5.97 Å². The van der Waals surface area contributed by atoms with E-state index in [4.69, 9.17) is 5.11 Å². The number of aromatic nitrogens is 2. The molecule has 0 bridgehead atoms. The molecule has 0 saturated carbocycles. The van der Waals surface area contributed by atoms with Crippen LogP contribution >= 0.6 is 11.3 Å². The van der Waals surface area contributed by atoms with E-state index in [1.807, 2.05) is 12.1 Å². The van der Waals surface area contributed by atoms with Crippen molar-refractivity contribution >= 4 is 17.3 Å². The van der Waals surface area contributed by atoms with Gasteiger partial charge in [-0.2, -0.15) is 0 Å². The van der Waals surface area contributed by atoms with Crippen molar-refractivity contribution in [2.45, 2.75) is 26.7 Å². The average molecular weight is 262 g/mol. The molecule has 2 aromatic heterocycles. The molecule has 0 saturated heterocycles. The Morgan fingerprint density at radius 3 is 2.89 bits per heavy atom. The van der Waals surface area contributed by atoms with E-state index in [-0.39, 0.29) is 0 Å². The van der Waals surface area contributed by atoms with Crippen molar-refractivity contribution in [3.05, 3.63) is 34.6 Å². The van der Waals surface area contributed by atoms with Crippen molar-refractivity contribution < 1.29 is 9.90 Å². The summed E-state index contributed by atoms with van der Waals surface area (Å²) in [5, 5.41) is 9.76. The number of thiazole rings is 1. The summed E-state index contributed by atoms with van der Waals surface area (Å²) in [7, 11) is 0. The molecule has 0 unspecified atom stereocenters. The van der Waals surface area contributed by atoms with Gasteiger partial charge in [0.25, 0.3) is 0 Å². The van der Waals surface area contributed by atoms with E-state index in [0.717, 1.165) is 29.1 Å². The Bertz CT molecular complexity index is 578. The molecular formula is C13H14N2O2S. The number of carboxylic acid groups (broad SMARTS) is 1. The SMILES string of the molecule is CCCc1cc(-c2nc(C)c(C(=O)O)s2)ccn1. The lowest BCUT2D eigenvalue weighted by molar-refractivity contribution is 0.0701. The smallest absolute Gasteiger partial charge is 0.347 e. The molecular weight excluding hydrogens is 248 g/mol. The Morgan fingerprint density at radius 1 is 1.50 bits per heavy atom. The Kier molecular flexibility index (Phi) is 3.72.